The molecule has 0 saturated heterocycles. The van der Waals surface area contributed by atoms with Crippen molar-refractivity contribution in [2.24, 2.45) is 0 Å². The first-order valence-corrected chi connectivity index (χ1v) is 14.9. The maximum absolute atomic E-state index is 13.9. The highest BCUT2D eigenvalue weighted by molar-refractivity contribution is 7.89. The maximum atomic E-state index is 13.9. The van der Waals surface area contributed by atoms with Crippen molar-refractivity contribution < 1.29 is 17.9 Å². The van der Waals surface area contributed by atoms with E-state index in [-0.39, 0.29) is 18.0 Å². The summed E-state index contributed by atoms with van der Waals surface area (Å²) < 4.78 is 36.0. The molecule has 1 aromatic heterocycles. The Labute approximate surface area is 240 Å². The average Bonchev–Trinajstić information content (AvgIpc) is 3.42. The summed E-state index contributed by atoms with van der Waals surface area (Å²) in [7, 11) is -2.36. The standard InChI is InChI=1S/C32H32N4O4S/c1-3-4-21-35(41(38,39)30-16-10-14-24-11-8-9-15-28(24)30)23-32(37)33-31-22-29(25-12-6-5-7-13-25)34-36(31)26-17-19-27(40-2)20-18-26/h5-20,22H,3-4,21,23H2,1-2H3,(H,33,37). The molecule has 5 rings (SSSR count). The molecule has 4 aromatic carbocycles. The number of ether oxygens (including phenoxy) is 1. The van der Waals surface area contributed by atoms with E-state index in [0.29, 0.717) is 29.1 Å². The van der Waals surface area contributed by atoms with Crippen LogP contribution in [-0.4, -0.2) is 48.6 Å². The highest BCUT2D eigenvalue weighted by Gasteiger charge is 2.28. The lowest BCUT2D eigenvalue weighted by Gasteiger charge is -2.22. The number of nitrogens with one attached hydrogen (secondary N) is 1. The van der Waals surface area contributed by atoms with Gasteiger partial charge >= 0.3 is 0 Å². The van der Waals surface area contributed by atoms with Gasteiger partial charge in [0.15, 0.2) is 0 Å². The molecule has 0 aliphatic rings. The molecule has 1 amide bonds. The summed E-state index contributed by atoms with van der Waals surface area (Å²) in [5.41, 5.74) is 2.27. The number of anilines is 1. The van der Waals surface area contributed by atoms with Gasteiger partial charge < -0.3 is 10.1 Å². The summed E-state index contributed by atoms with van der Waals surface area (Å²) in [4.78, 5) is 13.7. The van der Waals surface area contributed by atoms with E-state index in [4.69, 9.17) is 9.84 Å². The van der Waals surface area contributed by atoms with Gasteiger partial charge in [0.2, 0.25) is 15.9 Å². The number of amides is 1. The summed E-state index contributed by atoms with van der Waals surface area (Å²) >= 11 is 0. The quantitative estimate of drug-likeness (QED) is 0.207. The zero-order chi connectivity index (χ0) is 28.8. The number of nitrogens with zero attached hydrogens (tertiary/aromatic N) is 3. The first kappa shape index (κ1) is 28.1. The zero-order valence-corrected chi connectivity index (χ0v) is 23.8. The molecule has 0 saturated carbocycles. The van der Waals surface area contributed by atoms with Crippen LogP contribution in [0.4, 0.5) is 5.82 Å². The Bertz CT molecular complexity index is 1740. The summed E-state index contributed by atoms with van der Waals surface area (Å²) in [5, 5.41) is 9.12. The summed E-state index contributed by atoms with van der Waals surface area (Å²) in [6.07, 6.45) is 1.41. The molecule has 41 heavy (non-hydrogen) atoms. The van der Waals surface area contributed by atoms with E-state index in [0.717, 1.165) is 23.1 Å². The summed E-state index contributed by atoms with van der Waals surface area (Å²) in [6.45, 7) is 1.88. The Morgan fingerprint density at radius 2 is 1.63 bits per heavy atom. The number of methoxy groups -OCH3 is 1. The van der Waals surface area contributed by atoms with E-state index in [2.05, 4.69) is 5.32 Å². The van der Waals surface area contributed by atoms with Crippen molar-refractivity contribution in [3.05, 3.63) is 103 Å². The molecule has 0 bridgehead atoms. The smallest absolute Gasteiger partial charge is 0.244 e. The third-order valence-electron chi connectivity index (χ3n) is 6.81. The molecule has 0 radical (unpaired) electrons. The van der Waals surface area contributed by atoms with Crippen LogP contribution in [0, 0.1) is 0 Å². The lowest BCUT2D eigenvalue weighted by molar-refractivity contribution is -0.116. The Morgan fingerprint density at radius 3 is 2.37 bits per heavy atom. The number of hydrogen-bond acceptors (Lipinski definition) is 5. The molecule has 0 aliphatic carbocycles. The van der Waals surface area contributed by atoms with Gasteiger partial charge in [0, 0.05) is 23.6 Å². The number of fused-ring (bicyclic) bond motifs is 1. The van der Waals surface area contributed by atoms with Crippen LogP contribution in [-0.2, 0) is 14.8 Å². The topological polar surface area (TPSA) is 93.5 Å². The lowest BCUT2D eigenvalue weighted by atomic mass is 10.1. The second-order valence-corrected chi connectivity index (χ2v) is 11.5. The van der Waals surface area contributed by atoms with Crippen molar-refractivity contribution in [1.29, 1.82) is 0 Å². The molecule has 1 N–H and O–H groups in total. The minimum Gasteiger partial charge on any atom is -0.497 e. The lowest BCUT2D eigenvalue weighted by Crippen LogP contribution is -2.39. The molecular weight excluding hydrogens is 536 g/mol. The molecule has 0 fully saturated rings. The number of rotatable bonds is 11. The number of carbonyl (C=O) groups is 1. The average molecular weight is 569 g/mol. The Hall–Kier alpha value is -4.47. The van der Waals surface area contributed by atoms with Gasteiger partial charge in [-0.15, -0.1) is 0 Å². The number of aromatic nitrogens is 2. The zero-order valence-electron chi connectivity index (χ0n) is 23.0. The van der Waals surface area contributed by atoms with E-state index in [1.807, 2.05) is 85.8 Å². The van der Waals surface area contributed by atoms with Crippen LogP contribution in [0.15, 0.2) is 108 Å². The van der Waals surface area contributed by atoms with Crippen molar-refractivity contribution in [2.45, 2.75) is 24.7 Å². The number of benzene rings is 4. The van der Waals surface area contributed by atoms with Gasteiger partial charge in [-0.2, -0.15) is 9.40 Å². The molecular formula is C32H32N4O4S. The molecule has 0 atom stereocenters. The fourth-order valence-electron chi connectivity index (χ4n) is 4.66. The second-order valence-electron chi connectivity index (χ2n) is 9.61. The SMILES string of the molecule is CCCCN(CC(=O)Nc1cc(-c2ccccc2)nn1-c1ccc(OC)cc1)S(=O)(=O)c1cccc2ccccc12. The first-order valence-electron chi connectivity index (χ1n) is 13.5. The van der Waals surface area contributed by atoms with Crippen LogP contribution in [0.3, 0.4) is 0 Å². The largest absolute Gasteiger partial charge is 0.497 e. The van der Waals surface area contributed by atoms with Crippen molar-refractivity contribution in [3.63, 3.8) is 0 Å². The third kappa shape index (κ3) is 6.16. The normalized spacial score (nSPS) is 11.6. The Morgan fingerprint density at radius 1 is 0.927 bits per heavy atom. The van der Waals surface area contributed by atoms with Crippen LogP contribution >= 0.6 is 0 Å². The molecule has 0 aliphatic heterocycles. The maximum Gasteiger partial charge on any atom is 0.244 e. The monoisotopic (exact) mass is 568 g/mol. The van der Waals surface area contributed by atoms with Crippen LogP contribution in [0.1, 0.15) is 19.8 Å². The first-order chi connectivity index (χ1) is 19.9. The van der Waals surface area contributed by atoms with Crippen LogP contribution < -0.4 is 10.1 Å². The third-order valence-corrected chi connectivity index (χ3v) is 8.72. The van der Waals surface area contributed by atoms with Gasteiger partial charge in [-0.3, -0.25) is 4.79 Å². The van der Waals surface area contributed by atoms with Gasteiger partial charge in [-0.05, 0) is 42.1 Å². The fourth-order valence-corrected chi connectivity index (χ4v) is 6.31. The van der Waals surface area contributed by atoms with Gasteiger partial charge in [0.1, 0.15) is 11.6 Å². The van der Waals surface area contributed by atoms with E-state index in [1.54, 1.807) is 36.1 Å². The van der Waals surface area contributed by atoms with Gasteiger partial charge in [-0.1, -0.05) is 80.1 Å². The van der Waals surface area contributed by atoms with Gasteiger partial charge in [0.25, 0.3) is 0 Å². The Kier molecular flexibility index (Phi) is 8.47. The van der Waals surface area contributed by atoms with Crippen molar-refractivity contribution in [2.75, 3.05) is 25.5 Å². The van der Waals surface area contributed by atoms with E-state index in [1.165, 1.54) is 4.31 Å². The van der Waals surface area contributed by atoms with E-state index in [9.17, 15) is 13.2 Å². The number of sulfonamides is 1. The number of hydrogen-bond donors (Lipinski definition) is 1. The predicted molar refractivity (Wildman–Crippen MR) is 162 cm³/mol. The highest BCUT2D eigenvalue weighted by atomic mass is 32.2. The minimum absolute atomic E-state index is 0.189. The molecule has 1 heterocycles. The molecule has 0 unspecified atom stereocenters. The molecule has 0 spiro atoms. The number of carbonyl (C=O) groups excluding carboxylic acids is 1. The van der Waals surface area contributed by atoms with Crippen molar-refractivity contribution >= 4 is 32.5 Å². The number of unbranched alkanes of at least 4 members (excludes halogenated alkanes) is 1. The summed E-state index contributed by atoms with van der Waals surface area (Å²) in [5.74, 6) is 0.663. The molecule has 210 valence electrons. The van der Waals surface area contributed by atoms with Crippen LogP contribution in [0.25, 0.3) is 27.7 Å². The summed E-state index contributed by atoms with van der Waals surface area (Å²) in [6, 6.07) is 31.3. The predicted octanol–water partition coefficient (Wildman–Crippen LogP) is 6.13. The Balaban J connectivity index is 1.46. The van der Waals surface area contributed by atoms with Crippen LogP contribution in [0.5, 0.6) is 5.75 Å². The van der Waals surface area contributed by atoms with Crippen LogP contribution in [0.2, 0.25) is 0 Å². The van der Waals surface area contributed by atoms with E-state index < -0.39 is 15.9 Å². The van der Waals surface area contributed by atoms with Crippen molar-refractivity contribution in [3.8, 4) is 22.7 Å². The second kappa shape index (κ2) is 12.4. The fraction of sp³-hybridized carbons (Fsp3) is 0.188. The van der Waals surface area contributed by atoms with Gasteiger partial charge in [-0.25, -0.2) is 13.1 Å². The van der Waals surface area contributed by atoms with E-state index >= 15 is 0 Å². The van der Waals surface area contributed by atoms with Crippen molar-refractivity contribution in [1.82, 2.24) is 14.1 Å². The molecule has 8 nitrogen and oxygen atoms in total. The molecule has 5 aromatic rings. The molecule has 9 heteroatoms. The minimum atomic E-state index is -3.96. The van der Waals surface area contributed by atoms with Gasteiger partial charge in [0.05, 0.1) is 29.9 Å². The highest BCUT2D eigenvalue weighted by Crippen LogP contribution is 2.28.